The molecule has 1 aliphatic heterocycles. The van der Waals surface area contributed by atoms with E-state index in [0.29, 0.717) is 19.5 Å². The molecule has 1 atom stereocenters. The summed E-state index contributed by atoms with van der Waals surface area (Å²) >= 11 is 0. The lowest BCUT2D eigenvalue weighted by molar-refractivity contribution is -0.140. The minimum absolute atomic E-state index is 0.00121. The number of amides is 2. The number of rotatable bonds is 2. The van der Waals surface area contributed by atoms with Crippen LogP contribution >= 0.6 is 0 Å². The molecule has 4 heteroatoms. The van der Waals surface area contributed by atoms with Gasteiger partial charge in [0.05, 0.1) is 0 Å². The summed E-state index contributed by atoms with van der Waals surface area (Å²) in [6.07, 6.45) is 0.446. The van der Waals surface area contributed by atoms with Gasteiger partial charge in [-0.05, 0) is 44.0 Å². The average Bonchev–Trinajstić information content (AvgIpc) is 2.44. The van der Waals surface area contributed by atoms with Crippen LogP contribution in [0.2, 0.25) is 0 Å². The SMILES string of the molecule is CCC(=O)N1CCN(c2ccc(C)c(C)c2)C(=O)C1C. The number of benzene rings is 1. The molecule has 2 rings (SSSR count). The van der Waals surface area contributed by atoms with Crippen LogP contribution in [-0.4, -0.2) is 35.8 Å². The fraction of sp³-hybridized carbons (Fsp3) is 0.500. The largest absolute Gasteiger partial charge is 0.329 e. The van der Waals surface area contributed by atoms with E-state index in [2.05, 4.69) is 6.92 Å². The molecule has 108 valence electrons. The first kappa shape index (κ1) is 14.6. The van der Waals surface area contributed by atoms with Crippen LogP contribution in [0.15, 0.2) is 18.2 Å². The van der Waals surface area contributed by atoms with Crippen LogP contribution in [0.1, 0.15) is 31.4 Å². The predicted molar refractivity (Wildman–Crippen MR) is 79.7 cm³/mol. The highest BCUT2D eigenvalue weighted by Gasteiger charge is 2.34. The Morgan fingerprint density at radius 1 is 1.25 bits per heavy atom. The summed E-state index contributed by atoms with van der Waals surface area (Å²) in [5.74, 6) is 0.0480. The van der Waals surface area contributed by atoms with Crippen molar-refractivity contribution in [1.29, 1.82) is 0 Å². The number of aryl methyl sites for hydroxylation is 2. The zero-order chi connectivity index (χ0) is 14.9. The molecule has 0 saturated carbocycles. The summed E-state index contributed by atoms with van der Waals surface area (Å²) in [6, 6.07) is 5.67. The second kappa shape index (κ2) is 5.65. The lowest BCUT2D eigenvalue weighted by Crippen LogP contribution is -2.57. The number of nitrogens with zero attached hydrogens (tertiary/aromatic N) is 2. The summed E-state index contributed by atoms with van der Waals surface area (Å²) in [5.41, 5.74) is 3.32. The zero-order valence-corrected chi connectivity index (χ0v) is 12.6. The highest BCUT2D eigenvalue weighted by molar-refractivity contribution is 6.00. The number of hydrogen-bond donors (Lipinski definition) is 0. The molecule has 0 radical (unpaired) electrons. The van der Waals surface area contributed by atoms with E-state index in [1.165, 1.54) is 11.1 Å². The lowest BCUT2D eigenvalue weighted by atomic mass is 10.1. The van der Waals surface area contributed by atoms with Gasteiger partial charge in [0.15, 0.2) is 0 Å². The Morgan fingerprint density at radius 3 is 2.55 bits per heavy atom. The maximum absolute atomic E-state index is 12.5. The third-order valence-corrected chi connectivity index (χ3v) is 4.08. The van der Waals surface area contributed by atoms with Crippen molar-refractivity contribution in [1.82, 2.24) is 4.90 Å². The van der Waals surface area contributed by atoms with Gasteiger partial charge in [-0.3, -0.25) is 9.59 Å². The summed E-state index contributed by atoms with van der Waals surface area (Å²) in [4.78, 5) is 27.8. The molecule has 0 spiro atoms. The molecule has 4 nitrogen and oxygen atoms in total. The second-order valence-corrected chi connectivity index (χ2v) is 5.38. The molecule has 0 aromatic heterocycles. The third kappa shape index (κ3) is 2.55. The Morgan fingerprint density at radius 2 is 1.95 bits per heavy atom. The number of hydrogen-bond acceptors (Lipinski definition) is 2. The fourth-order valence-corrected chi connectivity index (χ4v) is 2.56. The maximum atomic E-state index is 12.5. The van der Waals surface area contributed by atoms with Gasteiger partial charge in [0.2, 0.25) is 11.8 Å². The number of anilines is 1. The number of piperazine rings is 1. The van der Waals surface area contributed by atoms with Crippen molar-refractivity contribution >= 4 is 17.5 Å². The number of carbonyl (C=O) groups excluding carboxylic acids is 2. The van der Waals surface area contributed by atoms with Gasteiger partial charge in [0.25, 0.3) is 0 Å². The third-order valence-electron chi connectivity index (χ3n) is 4.08. The minimum Gasteiger partial charge on any atom is -0.329 e. The topological polar surface area (TPSA) is 40.6 Å². The van der Waals surface area contributed by atoms with Gasteiger partial charge in [-0.1, -0.05) is 13.0 Å². The molecule has 1 heterocycles. The van der Waals surface area contributed by atoms with Gasteiger partial charge in [-0.25, -0.2) is 0 Å². The molecule has 0 bridgehead atoms. The van der Waals surface area contributed by atoms with Crippen LogP contribution in [0.4, 0.5) is 5.69 Å². The minimum atomic E-state index is -0.377. The van der Waals surface area contributed by atoms with Crippen molar-refractivity contribution in [3.05, 3.63) is 29.3 Å². The van der Waals surface area contributed by atoms with Crippen LogP contribution < -0.4 is 4.90 Å². The number of carbonyl (C=O) groups is 2. The smallest absolute Gasteiger partial charge is 0.249 e. The fourth-order valence-electron chi connectivity index (χ4n) is 2.56. The molecule has 1 unspecified atom stereocenters. The van der Waals surface area contributed by atoms with Gasteiger partial charge >= 0.3 is 0 Å². The zero-order valence-electron chi connectivity index (χ0n) is 12.6. The highest BCUT2D eigenvalue weighted by Crippen LogP contribution is 2.23. The quantitative estimate of drug-likeness (QED) is 0.830. The van der Waals surface area contributed by atoms with Crippen LogP contribution in [-0.2, 0) is 9.59 Å². The summed E-state index contributed by atoms with van der Waals surface area (Å²) in [6.45, 7) is 8.91. The molecular formula is C16H22N2O2. The van der Waals surface area contributed by atoms with Crippen LogP contribution in [0, 0.1) is 13.8 Å². The molecule has 1 saturated heterocycles. The van der Waals surface area contributed by atoms with E-state index < -0.39 is 0 Å². The monoisotopic (exact) mass is 274 g/mol. The van der Waals surface area contributed by atoms with E-state index in [4.69, 9.17) is 0 Å². The first-order chi connectivity index (χ1) is 9.45. The Bertz CT molecular complexity index is 539. The molecule has 20 heavy (non-hydrogen) atoms. The maximum Gasteiger partial charge on any atom is 0.249 e. The molecule has 1 aromatic rings. The predicted octanol–water partition coefficient (Wildman–Crippen LogP) is 2.28. The molecule has 0 aliphatic carbocycles. The first-order valence-electron chi connectivity index (χ1n) is 7.13. The summed E-state index contributed by atoms with van der Waals surface area (Å²) in [7, 11) is 0. The van der Waals surface area contributed by atoms with Crippen molar-refractivity contribution in [2.75, 3.05) is 18.0 Å². The van der Waals surface area contributed by atoms with Crippen LogP contribution in [0.25, 0.3) is 0 Å². The average molecular weight is 274 g/mol. The van der Waals surface area contributed by atoms with Crippen molar-refractivity contribution in [2.45, 2.75) is 40.2 Å². The normalized spacial score (nSPS) is 19.4. The molecular weight excluding hydrogens is 252 g/mol. The van der Waals surface area contributed by atoms with E-state index in [-0.39, 0.29) is 17.9 Å². The van der Waals surface area contributed by atoms with Crippen molar-refractivity contribution in [3.63, 3.8) is 0 Å². The molecule has 2 amide bonds. The van der Waals surface area contributed by atoms with Gasteiger partial charge < -0.3 is 9.80 Å². The molecule has 1 aliphatic rings. The van der Waals surface area contributed by atoms with Gasteiger partial charge in [-0.2, -0.15) is 0 Å². The first-order valence-corrected chi connectivity index (χ1v) is 7.13. The van der Waals surface area contributed by atoms with Crippen molar-refractivity contribution in [2.24, 2.45) is 0 Å². The standard InChI is InChI=1S/C16H22N2O2/c1-5-15(19)17-8-9-18(16(20)13(17)4)14-7-6-11(2)12(3)10-14/h6-7,10,13H,5,8-9H2,1-4H3. The van der Waals surface area contributed by atoms with Gasteiger partial charge in [0.1, 0.15) is 6.04 Å². The van der Waals surface area contributed by atoms with Gasteiger partial charge in [0, 0.05) is 25.2 Å². The van der Waals surface area contributed by atoms with E-state index in [1.54, 1.807) is 9.80 Å². The Hall–Kier alpha value is -1.84. The van der Waals surface area contributed by atoms with Crippen LogP contribution in [0.3, 0.4) is 0 Å². The summed E-state index contributed by atoms with van der Waals surface area (Å²) in [5, 5.41) is 0. The van der Waals surface area contributed by atoms with E-state index in [0.717, 1.165) is 5.69 Å². The Kier molecular flexibility index (Phi) is 4.12. The Labute approximate surface area is 120 Å². The highest BCUT2D eigenvalue weighted by atomic mass is 16.2. The summed E-state index contributed by atoms with van der Waals surface area (Å²) < 4.78 is 0. The second-order valence-electron chi connectivity index (χ2n) is 5.38. The van der Waals surface area contributed by atoms with E-state index in [9.17, 15) is 9.59 Å². The molecule has 1 fully saturated rings. The lowest BCUT2D eigenvalue weighted by Gasteiger charge is -2.39. The van der Waals surface area contributed by atoms with E-state index in [1.807, 2.05) is 39.0 Å². The molecule has 0 N–H and O–H groups in total. The Balaban J connectivity index is 2.22. The van der Waals surface area contributed by atoms with Crippen LogP contribution in [0.5, 0.6) is 0 Å². The van der Waals surface area contributed by atoms with Crippen molar-refractivity contribution in [3.8, 4) is 0 Å². The van der Waals surface area contributed by atoms with E-state index >= 15 is 0 Å². The van der Waals surface area contributed by atoms with Crippen molar-refractivity contribution < 1.29 is 9.59 Å². The molecule has 1 aromatic carbocycles. The van der Waals surface area contributed by atoms with Gasteiger partial charge in [-0.15, -0.1) is 0 Å².